The lowest BCUT2D eigenvalue weighted by molar-refractivity contribution is 0.0465. The molecular weight excluding hydrogens is 392 g/mol. The summed E-state index contributed by atoms with van der Waals surface area (Å²) in [6.45, 7) is 10.8. The van der Waals surface area contributed by atoms with E-state index in [1.807, 2.05) is 40.7 Å². The summed E-state index contributed by atoms with van der Waals surface area (Å²) in [5, 5.41) is 6.99. The standard InChI is InChI=1S/C24H36N4O3/c1-23(2,3)30-22(29)26-24(4,5)21-25-20(31-27-21)17-28(19-13-9-10-14-19)16-15-18-11-7-6-8-12-18/h6-8,11-12,19H,9-10,13-17H2,1-5H3,(H,26,29). The molecule has 1 aliphatic carbocycles. The van der Waals surface area contributed by atoms with Crippen molar-refractivity contribution in [3.8, 4) is 0 Å². The van der Waals surface area contributed by atoms with Crippen LogP contribution in [-0.2, 0) is 23.2 Å². The summed E-state index contributed by atoms with van der Waals surface area (Å²) in [4.78, 5) is 19.3. The number of carbonyl (C=O) groups excluding carboxylic acids is 1. The van der Waals surface area contributed by atoms with Crippen LogP contribution in [0, 0.1) is 0 Å². The Morgan fingerprint density at radius 3 is 2.48 bits per heavy atom. The van der Waals surface area contributed by atoms with E-state index in [4.69, 9.17) is 9.26 Å². The molecule has 0 bridgehead atoms. The van der Waals surface area contributed by atoms with Gasteiger partial charge in [0.25, 0.3) is 0 Å². The molecule has 0 atom stereocenters. The third-order valence-electron chi connectivity index (χ3n) is 5.55. The van der Waals surface area contributed by atoms with Crippen molar-refractivity contribution in [1.29, 1.82) is 0 Å². The van der Waals surface area contributed by atoms with Crippen molar-refractivity contribution >= 4 is 6.09 Å². The lowest BCUT2D eigenvalue weighted by Gasteiger charge is -2.27. The molecule has 3 rings (SSSR count). The number of benzene rings is 1. The molecule has 1 fully saturated rings. The normalized spacial score (nSPS) is 15.4. The molecule has 0 spiro atoms. The maximum Gasteiger partial charge on any atom is 0.408 e. The van der Waals surface area contributed by atoms with Gasteiger partial charge in [0.1, 0.15) is 11.1 Å². The number of nitrogens with zero attached hydrogens (tertiary/aromatic N) is 3. The number of aromatic nitrogens is 2. The summed E-state index contributed by atoms with van der Waals surface area (Å²) in [6.07, 6.45) is 5.45. The van der Waals surface area contributed by atoms with Crippen LogP contribution in [-0.4, -0.2) is 39.3 Å². The Labute approximate surface area is 185 Å². The van der Waals surface area contributed by atoms with Crippen molar-refractivity contribution < 1.29 is 14.1 Å². The maximum atomic E-state index is 12.2. The average molecular weight is 429 g/mol. The summed E-state index contributed by atoms with van der Waals surface area (Å²) >= 11 is 0. The molecule has 170 valence electrons. The van der Waals surface area contributed by atoms with Crippen LogP contribution in [0.2, 0.25) is 0 Å². The van der Waals surface area contributed by atoms with E-state index < -0.39 is 17.2 Å². The van der Waals surface area contributed by atoms with Crippen LogP contribution in [0.5, 0.6) is 0 Å². The lowest BCUT2D eigenvalue weighted by atomic mass is 10.1. The Morgan fingerprint density at radius 1 is 1.16 bits per heavy atom. The molecule has 1 aromatic heterocycles. The highest BCUT2D eigenvalue weighted by molar-refractivity contribution is 5.68. The third kappa shape index (κ3) is 7.06. The number of rotatable bonds is 8. The second kappa shape index (κ2) is 9.81. The molecule has 0 aliphatic heterocycles. The molecule has 0 radical (unpaired) electrons. The quantitative estimate of drug-likeness (QED) is 0.649. The topological polar surface area (TPSA) is 80.5 Å². The second-order valence-corrected chi connectivity index (χ2v) is 9.91. The Hall–Kier alpha value is -2.41. The zero-order valence-electron chi connectivity index (χ0n) is 19.5. The van der Waals surface area contributed by atoms with Gasteiger partial charge in [-0.15, -0.1) is 0 Å². The lowest BCUT2D eigenvalue weighted by Crippen LogP contribution is -2.44. The van der Waals surface area contributed by atoms with E-state index in [9.17, 15) is 4.79 Å². The Kier molecular flexibility index (Phi) is 7.36. The van der Waals surface area contributed by atoms with Crippen molar-refractivity contribution in [3.63, 3.8) is 0 Å². The van der Waals surface area contributed by atoms with Crippen LogP contribution in [0.3, 0.4) is 0 Å². The molecule has 1 aliphatic rings. The van der Waals surface area contributed by atoms with E-state index in [1.54, 1.807) is 0 Å². The van der Waals surface area contributed by atoms with Gasteiger partial charge in [-0.2, -0.15) is 4.98 Å². The Balaban J connectivity index is 1.64. The highest BCUT2D eigenvalue weighted by Gasteiger charge is 2.32. The summed E-state index contributed by atoms with van der Waals surface area (Å²) in [6, 6.07) is 11.1. The Bertz CT molecular complexity index is 836. The van der Waals surface area contributed by atoms with Gasteiger partial charge in [0.15, 0.2) is 5.82 Å². The van der Waals surface area contributed by atoms with Crippen molar-refractivity contribution in [2.45, 2.75) is 90.4 Å². The van der Waals surface area contributed by atoms with Crippen LogP contribution in [0.25, 0.3) is 0 Å². The number of ether oxygens (including phenoxy) is 1. The molecule has 7 nitrogen and oxygen atoms in total. The van der Waals surface area contributed by atoms with Gasteiger partial charge in [-0.05, 0) is 59.4 Å². The predicted molar refractivity (Wildman–Crippen MR) is 120 cm³/mol. The molecular formula is C24H36N4O3. The van der Waals surface area contributed by atoms with E-state index in [2.05, 4.69) is 44.6 Å². The SMILES string of the molecule is CC(C)(C)OC(=O)NC(C)(C)c1noc(CN(CCc2ccccc2)C2CCCC2)n1. The number of alkyl carbamates (subject to hydrolysis) is 1. The van der Waals surface area contributed by atoms with E-state index in [0.717, 1.165) is 13.0 Å². The molecule has 1 saturated carbocycles. The van der Waals surface area contributed by atoms with Crippen LogP contribution >= 0.6 is 0 Å². The molecule has 0 saturated heterocycles. The zero-order chi connectivity index (χ0) is 22.5. The molecule has 0 unspecified atom stereocenters. The van der Waals surface area contributed by atoms with Crippen LogP contribution in [0.4, 0.5) is 4.79 Å². The average Bonchev–Trinajstić information content (AvgIpc) is 3.36. The molecule has 1 aromatic carbocycles. The van der Waals surface area contributed by atoms with E-state index in [-0.39, 0.29) is 0 Å². The van der Waals surface area contributed by atoms with Gasteiger partial charge in [0, 0.05) is 12.6 Å². The summed E-state index contributed by atoms with van der Waals surface area (Å²) in [7, 11) is 0. The van der Waals surface area contributed by atoms with Gasteiger partial charge in [-0.3, -0.25) is 4.90 Å². The highest BCUT2D eigenvalue weighted by Crippen LogP contribution is 2.26. The van der Waals surface area contributed by atoms with Gasteiger partial charge >= 0.3 is 6.09 Å². The molecule has 31 heavy (non-hydrogen) atoms. The zero-order valence-corrected chi connectivity index (χ0v) is 19.5. The first-order valence-electron chi connectivity index (χ1n) is 11.2. The fourth-order valence-electron chi connectivity index (χ4n) is 3.94. The number of nitrogens with one attached hydrogen (secondary N) is 1. The number of amides is 1. The first-order valence-corrected chi connectivity index (χ1v) is 11.2. The van der Waals surface area contributed by atoms with Crippen LogP contribution in [0.15, 0.2) is 34.9 Å². The first-order chi connectivity index (χ1) is 14.6. The fourth-order valence-corrected chi connectivity index (χ4v) is 3.94. The van der Waals surface area contributed by atoms with Gasteiger partial charge in [-0.25, -0.2) is 4.79 Å². The minimum atomic E-state index is -0.799. The minimum Gasteiger partial charge on any atom is -0.444 e. The number of hydrogen-bond donors (Lipinski definition) is 1. The van der Waals surface area contributed by atoms with Gasteiger partial charge in [0.2, 0.25) is 5.89 Å². The largest absolute Gasteiger partial charge is 0.444 e. The van der Waals surface area contributed by atoms with Gasteiger partial charge in [-0.1, -0.05) is 48.3 Å². The number of carbonyl (C=O) groups is 1. The smallest absolute Gasteiger partial charge is 0.408 e. The molecule has 2 aromatic rings. The van der Waals surface area contributed by atoms with Crippen LogP contribution in [0.1, 0.15) is 77.6 Å². The second-order valence-electron chi connectivity index (χ2n) is 9.91. The van der Waals surface area contributed by atoms with Crippen molar-refractivity contribution in [1.82, 2.24) is 20.4 Å². The van der Waals surface area contributed by atoms with E-state index in [1.165, 1.54) is 31.2 Å². The monoisotopic (exact) mass is 428 g/mol. The minimum absolute atomic E-state index is 0.447. The van der Waals surface area contributed by atoms with Crippen LogP contribution < -0.4 is 5.32 Å². The van der Waals surface area contributed by atoms with E-state index >= 15 is 0 Å². The van der Waals surface area contributed by atoms with E-state index in [0.29, 0.717) is 24.3 Å². The number of hydrogen-bond acceptors (Lipinski definition) is 6. The van der Waals surface area contributed by atoms with Crippen molar-refractivity contribution in [2.75, 3.05) is 6.54 Å². The molecule has 1 heterocycles. The fraction of sp³-hybridized carbons (Fsp3) is 0.625. The van der Waals surface area contributed by atoms with Crippen molar-refractivity contribution in [3.05, 3.63) is 47.6 Å². The van der Waals surface area contributed by atoms with Crippen molar-refractivity contribution in [2.24, 2.45) is 0 Å². The third-order valence-corrected chi connectivity index (χ3v) is 5.55. The molecule has 7 heteroatoms. The summed E-state index contributed by atoms with van der Waals surface area (Å²) in [5.74, 6) is 1.02. The summed E-state index contributed by atoms with van der Waals surface area (Å²) in [5.41, 5.74) is -0.0329. The Morgan fingerprint density at radius 2 is 1.84 bits per heavy atom. The molecule has 1 amide bonds. The predicted octanol–water partition coefficient (Wildman–Crippen LogP) is 4.82. The molecule has 1 N–H and O–H groups in total. The summed E-state index contributed by atoms with van der Waals surface area (Å²) < 4.78 is 10.9. The first kappa shape index (κ1) is 23.3. The maximum absolute atomic E-state index is 12.2. The van der Waals surface area contributed by atoms with Gasteiger partial charge in [0.05, 0.1) is 6.54 Å². The van der Waals surface area contributed by atoms with Gasteiger partial charge < -0.3 is 14.6 Å². The highest BCUT2D eigenvalue weighted by atomic mass is 16.6.